The third kappa shape index (κ3) is 10.7. The predicted molar refractivity (Wildman–Crippen MR) is 88.3 cm³/mol. The van der Waals surface area contributed by atoms with E-state index in [1.54, 1.807) is 0 Å². The van der Waals surface area contributed by atoms with Crippen LogP contribution in [-0.4, -0.2) is 6.19 Å². The quantitative estimate of drug-likeness (QED) is 0.450. The van der Waals surface area contributed by atoms with Gasteiger partial charge >= 0.3 is 38.5 Å². The molecule has 0 aromatic rings. The van der Waals surface area contributed by atoms with Crippen LogP contribution in [0.4, 0.5) is 0 Å². The van der Waals surface area contributed by atoms with Crippen LogP contribution in [0.1, 0.15) is 53.4 Å². The Kier molecular flexibility index (Phi) is 11.5. The van der Waals surface area contributed by atoms with E-state index >= 15 is 0 Å². The molecule has 0 aromatic heterocycles. The first-order chi connectivity index (χ1) is 9.38. The molecular weight excluding hydrogens is 292 g/mol. The van der Waals surface area contributed by atoms with Crippen molar-refractivity contribution in [3.05, 3.63) is 46.6 Å². The van der Waals surface area contributed by atoms with Gasteiger partial charge in [-0.2, -0.15) is 11.1 Å². The Bertz CT molecular complexity index is 396. The molecule has 2 rings (SSSR count). The topological polar surface area (TPSA) is 0 Å². The Hall–Kier alpha value is -0.109. The molecule has 108 valence electrons. The van der Waals surface area contributed by atoms with Crippen molar-refractivity contribution in [2.24, 2.45) is 0 Å². The summed E-state index contributed by atoms with van der Waals surface area (Å²) in [6.45, 7) is 13.1. The molecule has 2 heteroatoms. The van der Waals surface area contributed by atoms with Crippen LogP contribution in [0.3, 0.4) is 0 Å². The number of allylic oxidation sites excluding steroid dienone is 8. The molecule has 0 heterocycles. The van der Waals surface area contributed by atoms with E-state index in [1.807, 2.05) is 0 Å². The molecule has 0 spiro atoms. The minimum absolute atomic E-state index is 0.120. The van der Waals surface area contributed by atoms with Crippen LogP contribution in [0.15, 0.2) is 34.4 Å². The van der Waals surface area contributed by atoms with E-state index in [0.717, 1.165) is 12.8 Å². The summed E-state index contributed by atoms with van der Waals surface area (Å²) in [4.78, 5) is 0. The molecule has 0 nitrogen and oxygen atoms in total. The van der Waals surface area contributed by atoms with Crippen molar-refractivity contribution < 1.29 is 19.2 Å². The Labute approximate surface area is 138 Å². The monoisotopic (exact) mass is 320 g/mol. The Morgan fingerprint density at radius 2 is 1.25 bits per heavy atom. The summed E-state index contributed by atoms with van der Waals surface area (Å²) in [5.41, 5.74) is 5.65. The van der Waals surface area contributed by atoms with Crippen LogP contribution in [0.5, 0.6) is 0 Å². The number of hydrogen-bond donors (Lipinski definition) is 0. The van der Waals surface area contributed by atoms with Crippen LogP contribution in [0.2, 0.25) is 13.1 Å². The van der Waals surface area contributed by atoms with Gasteiger partial charge in [0.05, 0.1) is 0 Å². The molecule has 2 aliphatic carbocycles. The number of rotatable bonds is 2. The second kappa shape index (κ2) is 11.5. The van der Waals surface area contributed by atoms with E-state index < -0.39 is 0 Å². The predicted octanol–water partition coefficient (Wildman–Crippen LogP) is 5.74. The van der Waals surface area contributed by atoms with E-state index in [9.17, 15) is 0 Å². The van der Waals surface area contributed by atoms with E-state index in [0.29, 0.717) is 0 Å². The summed E-state index contributed by atoms with van der Waals surface area (Å²) in [5, 5.41) is 0. The molecule has 0 radical (unpaired) electrons. The van der Waals surface area contributed by atoms with Crippen molar-refractivity contribution in [1.29, 1.82) is 0 Å². The van der Waals surface area contributed by atoms with Crippen LogP contribution in [-0.2, 0) is 19.2 Å². The van der Waals surface area contributed by atoms with Gasteiger partial charge in [-0.25, -0.2) is 23.3 Å². The van der Waals surface area contributed by atoms with E-state index in [-0.39, 0.29) is 6.19 Å². The first-order valence-corrected chi connectivity index (χ1v) is 12.3. The van der Waals surface area contributed by atoms with Gasteiger partial charge in [-0.3, -0.25) is 12.2 Å². The van der Waals surface area contributed by atoms with Crippen molar-refractivity contribution >= 4 is 6.19 Å². The molecule has 0 aliphatic heterocycles. The van der Waals surface area contributed by atoms with Crippen LogP contribution in [0, 0.1) is 12.2 Å². The van der Waals surface area contributed by atoms with Crippen molar-refractivity contribution in [2.75, 3.05) is 0 Å². The average molecular weight is 320 g/mol. The van der Waals surface area contributed by atoms with Gasteiger partial charge in [0.2, 0.25) is 0 Å². The van der Waals surface area contributed by atoms with Gasteiger partial charge < -0.3 is 0 Å². The van der Waals surface area contributed by atoms with Gasteiger partial charge in [0.15, 0.2) is 0 Å². The standard InChI is InChI=1S/2C8H11.C2H6Si.Ti/c2*1-3-8-5-4-7(2)6-8;1-3-2;/h2*6H,3,5H2,1-2H3;1-2H3;/q2*-1;;+2. The fraction of sp³-hybridized carbons (Fsp3) is 0.556. The molecule has 0 bridgehead atoms. The summed E-state index contributed by atoms with van der Waals surface area (Å²) >= 11 is 2.27. The molecule has 0 saturated carbocycles. The average Bonchev–Trinajstić information content (AvgIpc) is 2.97. The fourth-order valence-electron chi connectivity index (χ4n) is 1.78. The molecule has 0 unspecified atom stereocenters. The van der Waals surface area contributed by atoms with Crippen molar-refractivity contribution in [1.82, 2.24) is 0 Å². The second-order valence-corrected chi connectivity index (χ2v) is 12.1. The van der Waals surface area contributed by atoms with Crippen LogP contribution < -0.4 is 0 Å². The number of hydrogen-bond acceptors (Lipinski definition) is 0. The first-order valence-electron chi connectivity index (χ1n) is 7.44. The molecule has 2 aliphatic rings. The summed E-state index contributed by atoms with van der Waals surface area (Å²) < 4.78 is 0. The Morgan fingerprint density at radius 1 is 0.950 bits per heavy atom. The molecule has 20 heavy (non-hydrogen) atoms. The zero-order valence-corrected chi connectivity index (χ0v) is 16.5. The summed E-state index contributed by atoms with van der Waals surface area (Å²) in [7, 11) is 0. The molecule has 0 saturated heterocycles. The third-order valence-electron chi connectivity index (χ3n) is 2.94. The molecule has 0 atom stereocenters. The third-order valence-corrected chi connectivity index (χ3v) is 2.94. The Morgan fingerprint density at radius 3 is 1.35 bits per heavy atom. The van der Waals surface area contributed by atoms with Gasteiger partial charge in [0, 0.05) is 0 Å². The minimum atomic E-state index is 0.120. The summed E-state index contributed by atoms with van der Waals surface area (Å²) in [6, 6.07) is 0. The maximum atomic E-state index is 3.24. The van der Waals surface area contributed by atoms with Gasteiger partial charge in [-0.15, -0.1) is 12.8 Å². The molecule has 0 fully saturated rings. The molecular formula is C18H28SiTi. The zero-order valence-electron chi connectivity index (χ0n) is 14.0. The van der Waals surface area contributed by atoms with E-state index in [2.05, 4.69) is 84.3 Å². The van der Waals surface area contributed by atoms with E-state index in [1.165, 1.54) is 35.1 Å². The second-order valence-electron chi connectivity index (χ2n) is 5.39. The SMILES string of the molecule is CCC1=CC(C)=[C-]C1.CCC1=CC(C)=[C-]C1.C[Si](C)=[Ti+2]. The molecule has 0 N–H and O–H groups in total. The molecule has 0 amide bonds. The van der Waals surface area contributed by atoms with Gasteiger partial charge in [-0.05, 0) is 0 Å². The van der Waals surface area contributed by atoms with Crippen molar-refractivity contribution in [3.8, 4) is 0 Å². The van der Waals surface area contributed by atoms with Gasteiger partial charge in [0.1, 0.15) is 0 Å². The molecule has 0 aromatic carbocycles. The summed E-state index contributed by atoms with van der Waals surface area (Å²) in [6.07, 6.45) is 15.6. The van der Waals surface area contributed by atoms with Crippen molar-refractivity contribution in [3.63, 3.8) is 0 Å². The first kappa shape index (κ1) is 19.9. The summed E-state index contributed by atoms with van der Waals surface area (Å²) in [5.74, 6) is 0. The van der Waals surface area contributed by atoms with E-state index in [4.69, 9.17) is 0 Å². The van der Waals surface area contributed by atoms with Crippen LogP contribution in [0.25, 0.3) is 0 Å². The fourth-order valence-corrected chi connectivity index (χ4v) is 1.78. The Balaban J connectivity index is 0.000000289. The van der Waals surface area contributed by atoms with Crippen molar-refractivity contribution in [2.45, 2.75) is 66.5 Å². The normalized spacial score (nSPS) is 16.0. The zero-order chi connectivity index (χ0) is 15.5. The van der Waals surface area contributed by atoms with Gasteiger partial charge in [-0.1, -0.05) is 40.5 Å². The van der Waals surface area contributed by atoms with Crippen LogP contribution >= 0.6 is 0 Å². The van der Waals surface area contributed by atoms with Gasteiger partial charge in [0.25, 0.3) is 0 Å². The maximum absolute atomic E-state index is 3.24.